The van der Waals surface area contributed by atoms with E-state index in [1.807, 2.05) is 24.3 Å². The number of anilines is 3. The number of morpholine rings is 1. The average Bonchev–Trinajstić information content (AvgIpc) is 2.76. The van der Waals surface area contributed by atoms with Crippen molar-refractivity contribution < 1.29 is 18.3 Å². The van der Waals surface area contributed by atoms with Crippen LogP contribution < -0.4 is 15.0 Å². The largest absolute Gasteiger partial charge is 0.475 e. The van der Waals surface area contributed by atoms with Crippen LogP contribution in [0.1, 0.15) is 32.6 Å². The summed E-state index contributed by atoms with van der Waals surface area (Å²) in [7, 11) is 0. The first-order valence-electron chi connectivity index (χ1n) is 10.5. The molecule has 162 valence electrons. The Morgan fingerprint density at radius 2 is 1.90 bits per heavy atom. The van der Waals surface area contributed by atoms with Crippen molar-refractivity contribution in [1.29, 1.82) is 0 Å². The summed E-state index contributed by atoms with van der Waals surface area (Å²) in [5.41, 5.74) is 0.842. The molecule has 2 aliphatic rings. The maximum Gasteiger partial charge on any atom is 0.255 e. The number of alkyl halides is 1. The number of benzene rings is 1. The van der Waals surface area contributed by atoms with Gasteiger partial charge in [0, 0.05) is 24.5 Å². The van der Waals surface area contributed by atoms with Gasteiger partial charge in [0.2, 0.25) is 11.8 Å². The summed E-state index contributed by atoms with van der Waals surface area (Å²) in [6.45, 7) is 5.19. The fourth-order valence-corrected chi connectivity index (χ4v) is 3.86. The molecule has 4 rings (SSSR count). The summed E-state index contributed by atoms with van der Waals surface area (Å²) in [5.74, 6) is -0.196. The average molecular weight is 418 g/mol. The van der Waals surface area contributed by atoms with Gasteiger partial charge in [0.25, 0.3) is 5.88 Å². The quantitative estimate of drug-likeness (QED) is 0.746. The number of hydrogen-bond donors (Lipinski definition) is 1. The van der Waals surface area contributed by atoms with Crippen LogP contribution in [0.25, 0.3) is 0 Å². The van der Waals surface area contributed by atoms with Gasteiger partial charge in [-0.05, 0) is 62.8 Å². The molecule has 1 N–H and O–H groups in total. The third-order valence-electron chi connectivity index (χ3n) is 5.82. The molecule has 0 unspecified atom stereocenters. The molecule has 2 aromatic rings. The molecular weight excluding hydrogens is 390 g/mol. The lowest BCUT2D eigenvalue weighted by molar-refractivity contribution is 0.0827. The third kappa shape index (κ3) is 5.36. The minimum atomic E-state index is -1.09. The van der Waals surface area contributed by atoms with E-state index in [-0.39, 0.29) is 17.7 Å². The van der Waals surface area contributed by atoms with Crippen molar-refractivity contribution in [2.75, 3.05) is 43.1 Å². The van der Waals surface area contributed by atoms with Crippen molar-refractivity contribution >= 4 is 17.3 Å². The van der Waals surface area contributed by atoms with Crippen molar-refractivity contribution in [3.63, 3.8) is 0 Å². The topological polar surface area (TPSA) is 59.5 Å². The zero-order chi connectivity index (χ0) is 21.0. The normalized spacial score (nSPS) is 24.5. The zero-order valence-electron chi connectivity index (χ0n) is 17.2. The molecule has 1 aliphatic carbocycles. The van der Waals surface area contributed by atoms with Gasteiger partial charge in [-0.1, -0.05) is 0 Å². The standard InChI is InChI=1S/C22H28F2N4O2/c1-22(24)8-6-16(7-9-22)15-30-20-19(23)14-25-21(27-20)26-17-2-4-18(5-3-17)28-10-12-29-13-11-28/h2-5,14,16H,6-13,15H2,1H3,(H,25,26,27). The second-order valence-corrected chi connectivity index (χ2v) is 8.29. The van der Waals surface area contributed by atoms with Crippen LogP contribution in [0, 0.1) is 11.7 Å². The Bertz CT molecular complexity index is 832. The van der Waals surface area contributed by atoms with Crippen molar-refractivity contribution in [3.05, 3.63) is 36.3 Å². The van der Waals surface area contributed by atoms with Crippen LogP contribution in [0.3, 0.4) is 0 Å². The Morgan fingerprint density at radius 1 is 1.20 bits per heavy atom. The van der Waals surface area contributed by atoms with E-state index in [4.69, 9.17) is 9.47 Å². The summed E-state index contributed by atoms with van der Waals surface area (Å²) in [6.07, 6.45) is 3.61. The third-order valence-corrected chi connectivity index (χ3v) is 5.82. The summed E-state index contributed by atoms with van der Waals surface area (Å²) >= 11 is 0. The van der Waals surface area contributed by atoms with Gasteiger partial charge in [0.15, 0.2) is 0 Å². The Balaban J connectivity index is 1.34. The zero-order valence-corrected chi connectivity index (χ0v) is 17.2. The van der Waals surface area contributed by atoms with E-state index in [1.165, 1.54) is 0 Å². The summed E-state index contributed by atoms with van der Waals surface area (Å²) < 4.78 is 39.0. The Labute approximate surface area is 175 Å². The SMILES string of the molecule is CC1(F)CCC(COc2nc(Nc3ccc(N4CCOCC4)cc3)ncc2F)CC1. The molecule has 2 heterocycles. The summed E-state index contributed by atoms with van der Waals surface area (Å²) in [4.78, 5) is 10.4. The first-order valence-corrected chi connectivity index (χ1v) is 10.5. The number of ether oxygens (including phenoxy) is 2. The van der Waals surface area contributed by atoms with E-state index in [0.29, 0.717) is 19.4 Å². The second-order valence-electron chi connectivity index (χ2n) is 8.29. The van der Waals surface area contributed by atoms with Gasteiger partial charge in [0.05, 0.1) is 26.0 Å². The van der Waals surface area contributed by atoms with Crippen LogP contribution in [0.15, 0.2) is 30.5 Å². The number of hydrogen-bond acceptors (Lipinski definition) is 6. The lowest BCUT2D eigenvalue weighted by Gasteiger charge is -2.30. The van der Waals surface area contributed by atoms with Crippen molar-refractivity contribution in [1.82, 2.24) is 9.97 Å². The van der Waals surface area contributed by atoms with E-state index in [2.05, 4.69) is 20.2 Å². The van der Waals surface area contributed by atoms with E-state index in [9.17, 15) is 8.78 Å². The summed E-state index contributed by atoms with van der Waals surface area (Å²) in [5, 5.41) is 3.09. The van der Waals surface area contributed by atoms with Crippen LogP contribution >= 0.6 is 0 Å². The molecule has 8 heteroatoms. The predicted molar refractivity (Wildman–Crippen MR) is 112 cm³/mol. The first-order chi connectivity index (χ1) is 14.5. The number of nitrogens with zero attached hydrogens (tertiary/aromatic N) is 3. The highest BCUT2D eigenvalue weighted by molar-refractivity contribution is 5.59. The van der Waals surface area contributed by atoms with Crippen molar-refractivity contribution in [2.24, 2.45) is 5.92 Å². The van der Waals surface area contributed by atoms with Gasteiger partial charge in [-0.15, -0.1) is 0 Å². The molecule has 30 heavy (non-hydrogen) atoms. The molecule has 0 atom stereocenters. The number of aromatic nitrogens is 2. The van der Waals surface area contributed by atoms with Crippen molar-refractivity contribution in [3.8, 4) is 5.88 Å². The van der Waals surface area contributed by atoms with Crippen molar-refractivity contribution in [2.45, 2.75) is 38.3 Å². The fraction of sp³-hybridized carbons (Fsp3) is 0.545. The van der Waals surface area contributed by atoms with Gasteiger partial charge >= 0.3 is 0 Å². The van der Waals surface area contributed by atoms with Gasteiger partial charge in [-0.2, -0.15) is 9.37 Å². The van der Waals surface area contributed by atoms with E-state index >= 15 is 0 Å². The first kappa shape index (κ1) is 20.8. The van der Waals surface area contributed by atoms with Crippen LogP contribution in [0.2, 0.25) is 0 Å². The Morgan fingerprint density at radius 3 is 2.60 bits per heavy atom. The Kier molecular flexibility index (Phi) is 6.32. The molecule has 1 aromatic carbocycles. The summed E-state index contributed by atoms with van der Waals surface area (Å²) in [6, 6.07) is 7.93. The van der Waals surface area contributed by atoms with Gasteiger partial charge in [-0.25, -0.2) is 9.37 Å². The number of halogens is 2. The van der Waals surface area contributed by atoms with Crippen LogP contribution in [0.4, 0.5) is 26.1 Å². The molecule has 0 spiro atoms. The van der Waals surface area contributed by atoms with Crippen LogP contribution in [-0.2, 0) is 4.74 Å². The number of rotatable bonds is 6. The van der Waals surface area contributed by atoms with Crippen LogP contribution in [-0.4, -0.2) is 48.5 Å². The highest BCUT2D eigenvalue weighted by Crippen LogP contribution is 2.35. The Hall–Kier alpha value is -2.48. The molecule has 0 radical (unpaired) electrons. The highest BCUT2D eigenvalue weighted by atomic mass is 19.1. The monoisotopic (exact) mass is 418 g/mol. The van der Waals surface area contributed by atoms with Gasteiger partial charge in [0.1, 0.15) is 5.67 Å². The fourth-order valence-electron chi connectivity index (χ4n) is 3.86. The minimum Gasteiger partial charge on any atom is -0.475 e. The molecule has 1 aliphatic heterocycles. The second kappa shape index (κ2) is 9.12. The number of nitrogens with one attached hydrogen (secondary N) is 1. The van der Waals surface area contributed by atoms with E-state index < -0.39 is 11.5 Å². The molecular formula is C22H28F2N4O2. The lowest BCUT2D eigenvalue weighted by atomic mass is 9.81. The molecule has 1 saturated carbocycles. The molecule has 2 fully saturated rings. The maximum atomic E-state index is 14.1. The maximum absolute atomic E-state index is 14.1. The molecule has 0 amide bonds. The minimum absolute atomic E-state index is 0.0778. The molecule has 1 saturated heterocycles. The smallest absolute Gasteiger partial charge is 0.255 e. The molecule has 1 aromatic heterocycles. The van der Waals surface area contributed by atoms with E-state index in [0.717, 1.165) is 56.7 Å². The molecule has 0 bridgehead atoms. The van der Waals surface area contributed by atoms with Gasteiger partial charge < -0.3 is 19.7 Å². The predicted octanol–water partition coefficient (Wildman–Crippen LogP) is 4.49. The van der Waals surface area contributed by atoms with Crippen LogP contribution in [0.5, 0.6) is 5.88 Å². The lowest BCUT2D eigenvalue weighted by Crippen LogP contribution is -2.36. The molecule has 6 nitrogen and oxygen atoms in total. The highest BCUT2D eigenvalue weighted by Gasteiger charge is 2.31. The van der Waals surface area contributed by atoms with E-state index in [1.54, 1.807) is 6.92 Å². The van der Waals surface area contributed by atoms with Gasteiger partial charge in [-0.3, -0.25) is 0 Å².